The molecule has 0 rings (SSSR count). The molecule has 0 aliphatic rings. The lowest BCUT2D eigenvalue weighted by Gasteiger charge is -2.30. The fourth-order valence-electron chi connectivity index (χ4n) is 12.0. The second-order valence-electron chi connectivity index (χ2n) is 28.8. The average molecular weight is 1350 g/mol. The van der Waals surface area contributed by atoms with Gasteiger partial charge in [-0.05, 0) is 83.5 Å². The number of hydrogen-bond acceptors (Lipinski definition) is 6. The first-order chi connectivity index (χ1) is 46.5. The van der Waals surface area contributed by atoms with Crippen molar-refractivity contribution in [3.05, 3.63) is 109 Å². The van der Waals surface area contributed by atoms with Crippen LogP contribution >= 0.6 is 7.82 Å². The maximum atomic E-state index is 13.1. The second kappa shape index (κ2) is 75.4. The van der Waals surface area contributed by atoms with Crippen molar-refractivity contribution in [1.82, 2.24) is 5.32 Å². The molecule has 0 aromatic rings. The Morgan fingerprint density at radius 3 is 0.937 bits per heavy atom. The predicted octanol–water partition coefficient (Wildman–Crippen LogP) is 26.3. The van der Waals surface area contributed by atoms with Gasteiger partial charge >= 0.3 is 0 Å². The quantitative estimate of drug-likeness (QED) is 0.0272. The van der Waals surface area contributed by atoms with Crippen LogP contribution in [-0.4, -0.2) is 68.5 Å². The van der Waals surface area contributed by atoms with Gasteiger partial charge in [0.1, 0.15) is 13.2 Å². The van der Waals surface area contributed by atoms with Crippen LogP contribution in [0.3, 0.4) is 0 Å². The number of carbonyl (C=O) groups excluding carboxylic acids is 1. The summed E-state index contributed by atoms with van der Waals surface area (Å²) in [4.78, 5) is 25.8. The predicted molar refractivity (Wildman–Crippen MR) is 417 cm³/mol. The minimum atomic E-state index is -4.59. The van der Waals surface area contributed by atoms with Gasteiger partial charge in [0.15, 0.2) is 0 Å². The first-order valence-corrected chi connectivity index (χ1v) is 42.2. The number of hydrogen-bond donors (Lipinski definition) is 2. The molecule has 0 heterocycles. The summed E-state index contributed by atoms with van der Waals surface area (Å²) in [5.74, 6) is -0.164. The van der Waals surface area contributed by atoms with Crippen molar-refractivity contribution >= 4 is 13.7 Å². The van der Waals surface area contributed by atoms with E-state index in [1.54, 1.807) is 0 Å². The highest BCUT2D eigenvalue weighted by Crippen LogP contribution is 2.38. The molecule has 0 fully saturated rings. The molecule has 0 radical (unpaired) electrons. The molecule has 0 saturated carbocycles. The highest BCUT2D eigenvalue weighted by molar-refractivity contribution is 7.45. The Hall–Kier alpha value is -2.84. The van der Waals surface area contributed by atoms with Crippen LogP contribution < -0.4 is 10.2 Å². The zero-order chi connectivity index (χ0) is 69.0. The molecule has 0 aromatic heterocycles. The Balaban J connectivity index is 3.98. The van der Waals surface area contributed by atoms with E-state index in [0.717, 1.165) is 96.3 Å². The SMILES string of the molecule is CC/C=C\C/C=C\C/C=C\C/C=C\C/C=C\C/C=C\C/C=C\C/C=C\C/C=C\CCCCCCCCCCCCCCCC(=O)NC(COP(=O)([O-])OCC[N+](C)(C)C)C(O)CCCCCCCCCCCCCCCCCCCCCCCCCCCCCCCCCC. The van der Waals surface area contributed by atoms with E-state index < -0.39 is 20.0 Å². The van der Waals surface area contributed by atoms with E-state index in [2.05, 4.69) is 129 Å². The van der Waals surface area contributed by atoms with Crippen LogP contribution in [0.25, 0.3) is 0 Å². The number of nitrogens with one attached hydrogen (secondary N) is 1. The van der Waals surface area contributed by atoms with E-state index in [1.807, 2.05) is 21.1 Å². The Bertz CT molecular complexity index is 1930. The van der Waals surface area contributed by atoms with Crippen LogP contribution in [0.15, 0.2) is 109 Å². The van der Waals surface area contributed by atoms with Gasteiger partial charge in [-0.1, -0.05) is 399 Å². The molecule has 0 bridgehead atoms. The summed E-state index contributed by atoms with van der Waals surface area (Å²) >= 11 is 0. The van der Waals surface area contributed by atoms with Gasteiger partial charge in [0.2, 0.25) is 5.91 Å². The first kappa shape index (κ1) is 92.2. The van der Waals surface area contributed by atoms with Crippen LogP contribution in [0.5, 0.6) is 0 Å². The molecule has 8 nitrogen and oxygen atoms in total. The Kier molecular flexibility index (Phi) is 73.1. The van der Waals surface area contributed by atoms with Gasteiger partial charge in [-0.25, -0.2) is 0 Å². The van der Waals surface area contributed by atoms with E-state index in [4.69, 9.17) is 9.05 Å². The number of allylic oxidation sites excluding steroid dienone is 18. The fraction of sp³-hybridized carbons (Fsp3) is 0.779. The lowest BCUT2D eigenvalue weighted by atomic mass is 10.0. The summed E-state index contributed by atoms with van der Waals surface area (Å²) in [7, 11) is 1.31. The first-order valence-electron chi connectivity index (χ1n) is 40.7. The third kappa shape index (κ3) is 78.4. The van der Waals surface area contributed by atoms with E-state index in [0.29, 0.717) is 23.9 Å². The molecular weight excluding hydrogens is 1190 g/mol. The number of rotatable bonds is 75. The number of phosphoric acid groups is 1. The number of phosphoric ester groups is 1. The number of unbranched alkanes of at least 4 members (excludes halogenated alkanes) is 44. The van der Waals surface area contributed by atoms with Gasteiger partial charge in [-0.15, -0.1) is 0 Å². The molecule has 3 atom stereocenters. The van der Waals surface area contributed by atoms with Gasteiger partial charge in [0, 0.05) is 6.42 Å². The van der Waals surface area contributed by atoms with E-state index >= 15 is 0 Å². The van der Waals surface area contributed by atoms with Gasteiger partial charge in [-0.3, -0.25) is 9.36 Å². The molecule has 0 aromatic carbocycles. The number of aliphatic hydroxyl groups is 1. The second-order valence-corrected chi connectivity index (χ2v) is 30.2. The molecule has 9 heteroatoms. The smallest absolute Gasteiger partial charge is 0.268 e. The molecule has 0 aliphatic carbocycles. The third-order valence-electron chi connectivity index (χ3n) is 18.3. The normalized spacial score (nSPS) is 14.1. The highest BCUT2D eigenvalue weighted by atomic mass is 31.2. The van der Waals surface area contributed by atoms with Crippen molar-refractivity contribution in [3.63, 3.8) is 0 Å². The molecule has 0 saturated heterocycles. The van der Waals surface area contributed by atoms with Crippen LogP contribution in [0, 0.1) is 0 Å². The van der Waals surface area contributed by atoms with Crippen molar-refractivity contribution in [2.45, 2.75) is 392 Å². The van der Waals surface area contributed by atoms with Gasteiger partial charge < -0.3 is 28.8 Å². The number of carbonyl (C=O) groups is 1. The maximum Gasteiger partial charge on any atom is 0.268 e. The lowest BCUT2D eigenvalue weighted by Crippen LogP contribution is -2.46. The zero-order valence-corrected chi connectivity index (χ0v) is 64.3. The van der Waals surface area contributed by atoms with E-state index in [1.165, 1.54) is 257 Å². The van der Waals surface area contributed by atoms with Crippen molar-refractivity contribution < 1.29 is 32.9 Å². The van der Waals surface area contributed by atoms with Crippen molar-refractivity contribution in [2.24, 2.45) is 0 Å². The number of nitrogens with zero attached hydrogens (tertiary/aromatic N) is 1. The minimum Gasteiger partial charge on any atom is -0.756 e. The van der Waals surface area contributed by atoms with Crippen LogP contribution in [0.1, 0.15) is 380 Å². The third-order valence-corrected chi connectivity index (χ3v) is 19.2. The summed E-state index contributed by atoms with van der Waals surface area (Å²) in [6.45, 7) is 4.65. The Morgan fingerprint density at radius 2 is 0.642 bits per heavy atom. The molecule has 1 amide bonds. The van der Waals surface area contributed by atoms with E-state index in [9.17, 15) is 19.4 Å². The number of quaternary nitrogens is 1. The molecular formula is C86H157N2O6P. The van der Waals surface area contributed by atoms with Crippen molar-refractivity contribution in [1.29, 1.82) is 0 Å². The summed E-state index contributed by atoms with van der Waals surface area (Å²) in [6, 6.07) is -0.809. The number of amides is 1. The van der Waals surface area contributed by atoms with Crippen LogP contribution in [0.4, 0.5) is 0 Å². The summed E-state index contributed by atoms with van der Waals surface area (Å²) in [6.07, 6.45) is 111. The standard InChI is InChI=1S/C86H157N2O6P/c1-6-8-10-12-14-16-18-20-22-24-26-28-30-32-34-36-38-40-41-42-43-44-45-46-47-48-50-52-54-56-58-60-62-64-66-68-70-72-74-76-78-80-86(90)87-84(83-94-95(91,92)93-82-81-88(3,4)5)85(89)79-77-75-73-71-69-67-65-63-61-59-57-55-53-51-49-39-37-35-33-31-29-27-25-23-21-19-17-15-13-11-9-7-2/h8,10,14,16,20,22,26,28,32,34,38,40,42-43,45-46,48,50,84-85,89H,6-7,9,11-13,15,17-19,21,23-25,27,29-31,33,35-37,39,41,44,47,49,51-83H2,1-5H3,(H-,87,90,91,92)/b10-8-,16-14-,22-20-,28-26-,34-32-,40-38-,43-42-,46-45-,50-48-. The molecule has 2 N–H and O–H groups in total. The summed E-state index contributed by atoms with van der Waals surface area (Å²) in [5.41, 5.74) is 0. The van der Waals surface area contributed by atoms with Crippen LogP contribution in [-0.2, 0) is 18.4 Å². The number of aliphatic hydroxyl groups excluding tert-OH is 1. The van der Waals surface area contributed by atoms with Crippen molar-refractivity contribution in [3.8, 4) is 0 Å². The topological polar surface area (TPSA) is 108 Å². The molecule has 552 valence electrons. The maximum absolute atomic E-state index is 13.1. The largest absolute Gasteiger partial charge is 0.756 e. The molecule has 0 spiro atoms. The van der Waals surface area contributed by atoms with Gasteiger partial charge in [-0.2, -0.15) is 0 Å². The van der Waals surface area contributed by atoms with Gasteiger partial charge in [0.25, 0.3) is 7.82 Å². The Morgan fingerprint density at radius 1 is 0.379 bits per heavy atom. The fourth-order valence-corrected chi connectivity index (χ4v) is 12.8. The molecule has 3 unspecified atom stereocenters. The summed E-state index contributed by atoms with van der Waals surface area (Å²) in [5, 5.41) is 14.2. The number of likely N-dealkylation sites (N-methyl/N-ethyl adjacent to an activating group) is 1. The molecule has 95 heavy (non-hydrogen) atoms. The highest BCUT2D eigenvalue weighted by Gasteiger charge is 2.24. The Labute approximate surface area is 591 Å². The van der Waals surface area contributed by atoms with E-state index in [-0.39, 0.29) is 19.1 Å². The van der Waals surface area contributed by atoms with Crippen molar-refractivity contribution in [2.75, 3.05) is 40.9 Å². The van der Waals surface area contributed by atoms with Gasteiger partial charge in [0.05, 0.1) is 39.9 Å². The average Bonchev–Trinajstić information content (AvgIpc) is 2.01. The lowest BCUT2D eigenvalue weighted by molar-refractivity contribution is -0.870. The monoisotopic (exact) mass is 1350 g/mol. The van der Waals surface area contributed by atoms with Crippen LogP contribution in [0.2, 0.25) is 0 Å². The summed E-state index contributed by atoms with van der Waals surface area (Å²) < 4.78 is 23.6. The minimum absolute atomic E-state index is 0.00941. The molecule has 0 aliphatic heterocycles. The zero-order valence-electron chi connectivity index (χ0n) is 63.4.